The average Bonchev–Trinajstić information content (AvgIpc) is 2.46. The number of methoxy groups -OCH3 is 1. The normalized spacial score (nSPS) is 22.8. The van der Waals surface area contributed by atoms with E-state index in [4.69, 9.17) is 4.74 Å². The van der Waals surface area contributed by atoms with Crippen molar-refractivity contribution in [3.8, 4) is 0 Å². The molecule has 0 aromatic rings. The molecule has 5 heteroatoms. The summed E-state index contributed by atoms with van der Waals surface area (Å²) in [4.78, 5) is 18.8. The van der Waals surface area contributed by atoms with E-state index in [2.05, 4.69) is 11.8 Å². The minimum Gasteiger partial charge on any atom is -0.383 e. The molecular weight excluding hydrogens is 242 g/mol. The lowest BCUT2D eigenvalue weighted by atomic mass is 9.99. The zero-order chi connectivity index (χ0) is 13.7. The van der Waals surface area contributed by atoms with Crippen LogP contribution in [0.3, 0.4) is 0 Å². The highest BCUT2D eigenvalue weighted by molar-refractivity contribution is 5.74. The summed E-state index contributed by atoms with van der Waals surface area (Å²) >= 11 is 0. The van der Waals surface area contributed by atoms with Gasteiger partial charge in [0.1, 0.15) is 0 Å². The highest BCUT2D eigenvalue weighted by Crippen LogP contribution is 2.17. The van der Waals surface area contributed by atoms with Crippen LogP contribution < -0.4 is 0 Å². The second-order valence-corrected chi connectivity index (χ2v) is 5.77. The van der Waals surface area contributed by atoms with Gasteiger partial charge in [0.05, 0.1) is 6.61 Å². The van der Waals surface area contributed by atoms with Gasteiger partial charge in [0, 0.05) is 52.9 Å². The molecule has 2 fully saturated rings. The van der Waals surface area contributed by atoms with Crippen LogP contribution in [-0.2, 0) is 4.74 Å². The van der Waals surface area contributed by atoms with Crippen LogP contribution in [0.5, 0.6) is 0 Å². The van der Waals surface area contributed by atoms with E-state index in [9.17, 15) is 4.79 Å². The molecule has 0 atom stereocenters. The van der Waals surface area contributed by atoms with E-state index in [1.807, 2.05) is 9.80 Å². The molecule has 19 heavy (non-hydrogen) atoms. The van der Waals surface area contributed by atoms with Crippen molar-refractivity contribution in [1.82, 2.24) is 14.7 Å². The Morgan fingerprint density at radius 2 is 1.63 bits per heavy atom. The molecule has 2 heterocycles. The number of hydrogen-bond donors (Lipinski definition) is 0. The van der Waals surface area contributed by atoms with Crippen molar-refractivity contribution in [3.63, 3.8) is 0 Å². The third-order valence-electron chi connectivity index (χ3n) is 4.31. The number of hydrogen-bond acceptors (Lipinski definition) is 3. The maximum Gasteiger partial charge on any atom is 0.320 e. The number of rotatable bonds is 3. The zero-order valence-electron chi connectivity index (χ0n) is 12.3. The first-order valence-electron chi connectivity index (χ1n) is 7.46. The maximum atomic E-state index is 12.4. The molecule has 2 rings (SSSR count). The lowest BCUT2D eigenvalue weighted by molar-refractivity contribution is 0.0868. The predicted molar refractivity (Wildman–Crippen MR) is 75.3 cm³/mol. The van der Waals surface area contributed by atoms with Crippen LogP contribution in [0.4, 0.5) is 4.79 Å². The Morgan fingerprint density at radius 1 is 1.05 bits per heavy atom. The van der Waals surface area contributed by atoms with Gasteiger partial charge in [-0.1, -0.05) is 6.92 Å². The number of ether oxygens (including phenoxy) is 1. The minimum absolute atomic E-state index is 0.248. The van der Waals surface area contributed by atoms with Crippen molar-refractivity contribution in [2.45, 2.75) is 19.8 Å². The Labute approximate surface area is 116 Å². The zero-order valence-corrected chi connectivity index (χ0v) is 12.3. The Hall–Kier alpha value is -0.810. The van der Waals surface area contributed by atoms with E-state index in [0.717, 1.165) is 71.2 Å². The van der Waals surface area contributed by atoms with E-state index < -0.39 is 0 Å². The summed E-state index contributed by atoms with van der Waals surface area (Å²) in [6.07, 6.45) is 2.30. The number of carbonyl (C=O) groups excluding carboxylic acids is 1. The molecule has 0 aliphatic carbocycles. The standard InChI is InChI=1S/C14H27N3O2/c1-13-3-5-16(6-4-13)14(18)17-9-7-15(8-10-17)11-12-19-2/h13H,3-12H2,1-2H3. The van der Waals surface area contributed by atoms with Crippen LogP contribution in [0.25, 0.3) is 0 Å². The third kappa shape index (κ3) is 4.08. The smallest absolute Gasteiger partial charge is 0.320 e. The fourth-order valence-electron chi connectivity index (χ4n) is 2.78. The minimum atomic E-state index is 0.248. The van der Waals surface area contributed by atoms with Gasteiger partial charge in [0.2, 0.25) is 0 Å². The molecule has 0 spiro atoms. The molecule has 0 radical (unpaired) electrons. The van der Waals surface area contributed by atoms with Crippen LogP contribution in [0.15, 0.2) is 0 Å². The predicted octanol–water partition coefficient (Wildman–Crippen LogP) is 1.10. The lowest BCUT2D eigenvalue weighted by Crippen LogP contribution is -2.54. The van der Waals surface area contributed by atoms with Crippen molar-refractivity contribution in [2.75, 3.05) is 59.5 Å². The monoisotopic (exact) mass is 269 g/mol. The fraction of sp³-hybridized carbons (Fsp3) is 0.929. The Bertz CT molecular complexity index is 282. The van der Waals surface area contributed by atoms with Crippen molar-refractivity contribution < 1.29 is 9.53 Å². The Balaban J connectivity index is 1.73. The second kappa shape index (κ2) is 7.10. The van der Waals surface area contributed by atoms with Gasteiger partial charge in [0.25, 0.3) is 0 Å². The number of carbonyl (C=O) groups is 1. The molecule has 2 aliphatic rings. The van der Waals surface area contributed by atoms with Crippen molar-refractivity contribution in [2.24, 2.45) is 5.92 Å². The number of nitrogens with zero attached hydrogens (tertiary/aromatic N) is 3. The largest absolute Gasteiger partial charge is 0.383 e. The molecule has 110 valence electrons. The molecule has 2 saturated heterocycles. The number of urea groups is 1. The molecule has 0 aromatic carbocycles. The molecular formula is C14H27N3O2. The van der Waals surface area contributed by atoms with Crippen LogP contribution >= 0.6 is 0 Å². The summed E-state index contributed by atoms with van der Waals surface area (Å²) in [5, 5.41) is 0. The molecule has 0 bridgehead atoms. The number of likely N-dealkylation sites (tertiary alicyclic amines) is 1. The summed E-state index contributed by atoms with van der Waals surface area (Å²) in [7, 11) is 1.73. The third-order valence-corrected chi connectivity index (χ3v) is 4.31. The summed E-state index contributed by atoms with van der Waals surface area (Å²) in [5.74, 6) is 0.773. The first-order valence-corrected chi connectivity index (χ1v) is 7.46. The summed E-state index contributed by atoms with van der Waals surface area (Å²) < 4.78 is 5.09. The molecule has 0 saturated carbocycles. The number of piperidine rings is 1. The van der Waals surface area contributed by atoms with Gasteiger partial charge in [-0.05, 0) is 18.8 Å². The molecule has 2 aliphatic heterocycles. The van der Waals surface area contributed by atoms with E-state index in [0.29, 0.717) is 0 Å². The van der Waals surface area contributed by atoms with Gasteiger partial charge in [-0.3, -0.25) is 4.90 Å². The first-order chi connectivity index (χ1) is 9.20. The van der Waals surface area contributed by atoms with Crippen LogP contribution in [-0.4, -0.2) is 80.3 Å². The molecule has 2 amide bonds. The topological polar surface area (TPSA) is 36.0 Å². The summed E-state index contributed by atoms with van der Waals surface area (Å²) in [6.45, 7) is 9.55. The van der Waals surface area contributed by atoms with Crippen molar-refractivity contribution in [1.29, 1.82) is 0 Å². The van der Waals surface area contributed by atoms with Crippen LogP contribution in [0.1, 0.15) is 19.8 Å². The Kier molecular flexibility index (Phi) is 5.45. The fourth-order valence-corrected chi connectivity index (χ4v) is 2.78. The molecule has 0 aromatic heterocycles. The van der Waals surface area contributed by atoms with Gasteiger partial charge in [-0.2, -0.15) is 0 Å². The highest BCUT2D eigenvalue weighted by atomic mass is 16.5. The second-order valence-electron chi connectivity index (χ2n) is 5.77. The number of amides is 2. The van der Waals surface area contributed by atoms with Gasteiger partial charge < -0.3 is 14.5 Å². The molecule has 0 N–H and O–H groups in total. The van der Waals surface area contributed by atoms with E-state index in [-0.39, 0.29) is 6.03 Å². The summed E-state index contributed by atoms with van der Waals surface area (Å²) in [5.41, 5.74) is 0. The van der Waals surface area contributed by atoms with Crippen molar-refractivity contribution in [3.05, 3.63) is 0 Å². The first kappa shape index (κ1) is 14.6. The maximum absolute atomic E-state index is 12.4. The van der Waals surface area contributed by atoms with Crippen LogP contribution in [0, 0.1) is 5.92 Å². The van der Waals surface area contributed by atoms with E-state index in [1.54, 1.807) is 7.11 Å². The van der Waals surface area contributed by atoms with Crippen molar-refractivity contribution >= 4 is 6.03 Å². The summed E-state index contributed by atoms with van der Waals surface area (Å²) in [6, 6.07) is 0.248. The van der Waals surface area contributed by atoms with Gasteiger partial charge in [-0.15, -0.1) is 0 Å². The van der Waals surface area contributed by atoms with Gasteiger partial charge in [0.15, 0.2) is 0 Å². The molecule has 5 nitrogen and oxygen atoms in total. The SMILES string of the molecule is COCCN1CCN(C(=O)N2CCC(C)CC2)CC1. The lowest BCUT2D eigenvalue weighted by Gasteiger charge is -2.39. The molecule has 0 unspecified atom stereocenters. The van der Waals surface area contributed by atoms with E-state index >= 15 is 0 Å². The van der Waals surface area contributed by atoms with Gasteiger partial charge in [-0.25, -0.2) is 4.79 Å². The quantitative estimate of drug-likeness (QED) is 0.770. The van der Waals surface area contributed by atoms with Gasteiger partial charge >= 0.3 is 6.03 Å². The van der Waals surface area contributed by atoms with E-state index in [1.165, 1.54) is 0 Å². The Morgan fingerprint density at radius 3 is 2.21 bits per heavy atom. The average molecular weight is 269 g/mol. The highest BCUT2D eigenvalue weighted by Gasteiger charge is 2.27. The van der Waals surface area contributed by atoms with Crippen LogP contribution in [0.2, 0.25) is 0 Å². The number of piperazine rings is 1.